The highest BCUT2D eigenvalue weighted by Crippen LogP contribution is 2.17. The van der Waals surface area contributed by atoms with Gasteiger partial charge in [-0.2, -0.15) is 0 Å². The zero-order valence-electron chi connectivity index (χ0n) is 12.1. The van der Waals surface area contributed by atoms with Gasteiger partial charge in [0.15, 0.2) is 0 Å². The summed E-state index contributed by atoms with van der Waals surface area (Å²) < 4.78 is 0. The predicted molar refractivity (Wildman–Crippen MR) is 80.7 cm³/mol. The van der Waals surface area contributed by atoms with E-state index < -0.39 is 0 Å². The predicted octanol–water partition coefficient (Wildman–Crippen LogP) is 2.17. The lowest BCUT2D eigenvalue weighted by atomic mass is 10.2. The van der Waals surface area contributed by atoms with Crippen LogP contribution in [0, 0.1) is 6.92 Å². The monoisotopic (exact) mass is 276 g/mol. The van der Waals surface area contributed by atoms with Gasteiger partial charge in [-0.05, 0) is 57.0 Å². The highest BCUT2D eigenvalue weighted by atomic mass is 16.3. The maximum atomic E-state index is 11.9. The number of hydrogen-bond donors (Lipinski definition) is 2. The van der Waals surface area contributed by atoms with E-state index in [2.05, 4.69) is 10.2 Å². The maximum Gasteiger partial charge on any atom is 0.224 e. The smallest absolute Gasteiger partial charge is 0.224 e. The van der Waals surface area contributed by atoms with Crippen molar-refractivity contribution in [3.05, 3.63) is 29.8 Å². The zero-order valence-corrected chi connectivity index (χ0v) is 12.1. The summed E-state index contributed by atoms with van der Waals surface area (Å²) in [5.74, 6) is 0.0651. The zero-order chi connectivity index (χ0) is 14.4. The van der Waals surface area contributed by atoms with Crippen LogP contribution >= 0.6 is 0 Å². The second-order valence-corrected chi connectivity index (χ2v) is 5.54. The number of aliphatic hydroxyl groups is 1. The van der Waals surface area contributed by atoms with Crippen LogP contribution in [-0.2, 0) is 4.79 Å². The summed E-state index contributed by atoms with van der Waals surface area (Å²) >= 11 is 0. The third-order valence-electron chi connectivity index (χ3n) is 3.86. The Kier molecular flexibility index (Phi) is 5.56. The topological polar surface area (TPSA) is 52.6 Å². The van der Waals surface area contributed by atoms with E-state index in [1.165, 1.54) is 0 Å². The number of carbonyl (C=O) groups is 1. The van der Waals surface area contributed by atoms with Crippen molar-refractivity contribution in [2.45, 2.75) is 38.6 Å². The molecule has 2 N–H and O–H groups in total. The Morgan fingerprint density at radius 1 is 1.50 bits per heavy atom. The third-order valence-corrected chi connectivity index (χ3v) is 3.86. The van der Waals surface area contributed by atoms with Gasteiger partial charge in [0, 0.05) is 18.2 Å². The molecule has 0 aromatic heterocycles. The molecule has 4 heteroatoms. The second kappa shape index (κ2) is 7.41. The van der Waals surface area contributed by atoms with Crippen LogP contribution in [0.3, 0.4) is 0 Å². The quantitative estimate of drug-likeness (QED) is 0.837. The number of likely N-dealkylation sites (tertiary alicyclic amines) is 1. The lowest BCUT2D eigenvalue weighted by Crippen LogP contribution is -2.33. The van der Waals surface area contributed by atoms with Gasteiger partial charge in [-0.3, -0.25) is 9.69 Å². The van der Waals surface area contributed by atoms with Crippen molar-refractivity contribution in [2.24, 2.45) is 0 Å². The van der Waals surface area contributed by atoms with E-state index in [9.17, 15) is 9.90 Å². The minimum atomic E-state index is 0.0651. The molecule has 0 saturated carbocycles. The van der Waals surface area contributed by atoms with Crippen molar-refractivity contribution >= 4 is 11.6 Å². The Bertz CT molecular complexity index is 448. The molecule has 0 spiro atoms. The van der Waals surface area contributed by atoms with Gasteiger partial charge in [0.2, 0.25) is 5.91 Å². The highest BCUT2D eigenvalue weighted by Gasteiger charge is 2.22. The minimum absolute atomic E-state index is 0.0651. The van der Waals surface area contributed by atoms with E-state index in [1.807, 2.05) is 31.2 Å². The van der Waals surface area contributed by atoms with Gasteiger partial charge in [-0.15, -0.1) is 0 Å². The van der Waals surface area contributed by atoms with E-state index in [-0.39, 0.29) is 12.5 Å². The van der Waals surface area contributed by atoms with Crippen molar-refractivity contribution < 1.29 is 9.90 Å². The van der Waals surface area contributed by atoms with Crippen molar-refractivity contribution in [2.75, 3.05) is 25.0 Å². The molecule has 1 fully saturated rings. The third kappa shape index (κ3) is 4.32. The highest BCUT2D eigenvalue weighted by molar-refractivity contribution is 5.90. The molecule has 1 amide bonds. The maximum absolute atomic E-state index is 11.9. The molecule has 0 unspecified atom stereocenters. The molecule has 0 aliphatic carbocycles. The number of aryl methyl sites for hydroxylation is 1. The van der Waals surface area contributed by atoms with Crippen molar-refractivity contribution in [1.29, 1.82) is 0 Å². The van der Waals surface area contributed by atoms with Gasteiger partial charge in [0.05, 0.1) is 6.61 Å². The summed E-state index contributed by atoms with van der Waals surface area (Å²) in [4.78, 5) is 14.2. The van der Waals surface area contributed by atoms with Crippen LogP contribution in [0.15, 0.2) is 24.3 Å². The van der Waals surface area contributed by atoms with E-state index in [4.69, 9.17) is 0 Å². The van der Waals surface area contributed by atoms with Gasteiger partial charge >= 0.3 is 0 Å². The van der Waals surface area contributed by atoms with Gasteiger partial charge in [0.25, 0.3) is 0 Å². The fraction of sp³-hybridized carbons (Fsp3) is 0.562. The van der Waals surface area contributed by atoms with E-state index in [0.717, 1.165) is 43.6 Å². The molecule has 1 atom stereocenters. The van der Waals surface area contributed by atoms with Crippen LogP contribution in [0.2, 0.25) is 0 Å². The Balaban J connectivity index is 1.70. The number of hydrogen-bond acceptors (Lipinski definition) is 3. The molecular weight excluding hydrogens is 252 g/mol. The van der Waals surface area contributed by atoms with E-state index in [0.29, 0.717) is 12.5 Å². The molecule has 0 radical (unpaired) electrons. The fourth-order valence-electron chi connectivity index (χ4n) is 2.79. The van der Waals surface area contributed by atoms with Crippen LogP contribution in [-0.4, -0.2) is 41.7 Å². The average Bonchev–Trinajstić information content (AvgIpc) is 2.86. The Morgan fingerprint density at radius 2 is 2.35 bits per heavy atom. The number of benzene rings is 1. The first-order chi connectivity index (χ1) is 9.69. The largest absolute Gasteiger partial charge is 0.395 e. The van der Waals surface area contributed by atoms with Crippen molar-refractivity contribution in [1.82, 2.24) is 4.90 Å². The average molecular weight is 276 g/mol. The van der Waals surface area contributed by atoms with Crippen LogP contribution in [0.25, 0.3) is 0 Å². The number of amides is 1. The van der Waals surface area contributed by atoms with E-state index >= 15 is 0 Å². The van der Waals surface area contributed by atoms with Crippen LogP contribution in [0.1, 0.15) is 31.2 Å². The molecule has 1 saturated heterocycles. The SMILES string of the molecule is Cc1cccc(NC(=O)CCCN2CCC[C@H]2CO)c1. The minimum Gasteiger partial charge on any atom is -0.395 e. The summed E-state index contributed by atoms with van der Waals surface area (Å²) in [5.41, 5.74) is 2.01. The summed E-state index contributed by atoms with van der Waals surface area (Å²) in [6, 6.07) is 8.14. The van der Waals surface area contributed by atoms with Gasteiger partial charge in [-0.1, -0.05) is 12.1 Å². The van der Waals surface area contributed by atoms with Gasteiger partial charge in [-0.25, -0.2) is 0 Å². The molecule has 1 aromatic rings. The molecule has 1 heterocycles. The fourth-order valence-corrected chi connectivity index (χ4v) is 2.79. The molecule has 4 nitrogen and oxygen atoms in total. The second-order valence-electron chi connectivity index (χ2n) is 5.54. The number of aliphatic hydroxyl groups excluding tert-OH is 1. The molecule has 1 aliphatic rings. The Labute approximate surface area is 120 Å². The van der Waals surface area contributed by atoms with Crippen LogP contribution < -0.4 is 5.32 Å². The standard InChI is InChI=1S/C16H24N2O2/c1-13-5-2-6-14(11-13)17-16(20)8-4-10-18-9-3-7-15(18)12-19/h2,5-6,11,15,19H,3-4,7-10,12H2,1H3,(H,17,20)/t15-/m0/s1. The van der Waals surface area contributed by atoms with Gasteiger partial charge in [0.1, 0.15) is 0 Å². The molecule has 110 valence electrons. The summed E-state index contributed by atoms with van der Waals surface area (Å²) in [5, 5.41) is 12.2. The number of anilines is 1. The molecule has 1 aromatic carbocycles. The first-order valence-corrected chi connectivity index (χ1v) is 7.40. The molecule has 0 bridgehead atoms. The molecule has 1 aliphatic heterocycles. The summed E-state index contributed by atoms with van der Waals surface area (Å²) in [7, 11) is 0. The molecular formula is C16H24N2O2. The Morgan fingerprint density at radius 3 is 3.10 bits per heavy atom. The Hall–Kier alpha value is -1.39. The molecule has 2 rings (SSSR count). The van der Waals surface area contributed by atoms with Crippen LogP contribution in [0.5, 0.6) is 0 Å². The molecule has 20 heavy (non-hydrogen) atoms. The number of carbonyl (C=O) groups excluding carboxylic acids is 1. The lowest BCUT2D eigenvalue weighted by Gasteiger charge is -2.22. The van der Waals surface area contributed by atoms with Crippen LogP contribution in [0.4, 0.5) is 5.69 Å². The normalized spacial score (nSPS) is 19.2. The van der Waals surface area contributed by atoms with Gasteiger partial charge < -0.3 is 10.4 Å². The van der Waals surface area contributed by atoms with Crippen molar-refractivity contribution in [3.8, 4) is 0 Å². The number of nitrogens with one attached hydrogen (secondary N) is 1. The number of nitrogens with zero attached hydrogens (tertiary/aromatic N) is 1. The van der Waals surface area contributed by atoms with E-state index in [1.54, 1.807) is 0 Å². The summed E-state index contributed by atoms with van der Waals surface area (Å²) in [6.07, 6.45) is 3.60. The van der Waals surface area contributed by atoms with Crippen molar-refractivity contribution in [3.63, 3.8) is 0 Å². The summed E-state index contributed by atoms with van der Waals surface area (Å²) in [6.45, 7) is 4.19. The lowest BCUT2D eigenvalue weighted by molar-refractivity contribution is -0.116. The number of rotatable bonds is 6. The first kappa shape index (κ1) is 15.0. The first-order valence-electron chi connectivity index (χ1n) is 7.40.